The number of aliphatic hydroxyl groups is 1. The summed E-state index contributed by atoms with van der Waals surface area (Å²) in [7, 11) is 0. The van der Waals surface area contributed by atoms with Crippen molar-refractivity contribution in [3.05, 3.63) is 0 Å². The van der Waals surface area contributed by atoms with E-state index in [4.69, 9.17) is 21.4 Å². The highest BCUT2D eigenvalue weighted by Crippen LogP contribution is 1.93. The highest BCUT2D eigenvalue weighted by atomic mass is 35.5. The van der Waals surface area contributed by atoms with Crippen molar-refractivity contribution in [2.24, 2.45) is 0 Å². The minimum Gasteiger partial charge on any atom is -0.391 e. The summed E-state index contributed by atoms with van der Waals surface area (Å²) >= 11 is 5.44. The summed E-state index contributed by atoms with van der Waals surface area (Å²) in [5.41, 5.74) is 0. The second kappa shape index (κ2) is 7.32. The van der Waals surface area contributed by atoms with E-state index in [0.717, 1.165) is 12.8 Å². The van der Waals surface area contributed by atoms with Crippen molar-refractivity contribution in [2.75, 3.05) is 19.1 Å². The van der Waals surface area contributed by atoms with Gasteiger partial charge in [0.2, 0.25) is 0 Å². The average Bonchev–Trinajstić information content (AvgIpc) is 1.87. The van der Waals surface area contributed by atoms with E-state index in [2.05, 4.69) is 0 Å². The summed E-state index contributed by atoms with van der Waals surface area (Å²) in [4.78, 5) is 0. The van der Waals surface area contributed by atoms with Crippen LogP contribution in [0.3, 0.4) is 0 Å². The van der Waals surface area contributed by atoms with Crippen molar-refractivity contribution in [2.45, 2.75) is 25.9 Å². The molecule has 0 aromatic heterocycles. The predicted octanol–water partition coefficient (Wildman–Crippen LogP) is 1.40. The molecule has 0 bridgehead atoms. The van der Waals surface area contributed by atoms with Crippen LogP contribution in [0.15, 0.2) is 0 Å². The molecule has 0 saturated heterocycles. The normalized spacial score (nSPS) is 13.5. The zero-order chi connectivity index (χ0) is 7.82. The Kier molecular flexibility index (Phi) is 7.47. The fraction of sp³-hybridized carbons (Fsp3) is 1.00. The van der Waals surface area contributed by atoms with Gasteiger partial charge in [-0.05, 0) is 19.8 Å². The molecule has 0 aromatic carbocycles. The number of alkyl halides is 1. The Labute approximate surface area is 67.1 Å². The molecule has 0 radical (unpaired) electrons. The Morgan fingerprint density at radius 1 is 1.50 bits per heavy atom. The largest absolute Gasteiger partial charge is 0.391 e. The second-order valence-corrected chi connectivity index (χ2v) is 2.70. The van der Waals surface area contributed by atoms with Crippen LogP contribution in [0.25, 0.3) is 0 Å². The smallest absolute Gasteiger partial charge is 0.0745 e. The molecule has 0 aliphatic rings. The third-order valence-electron chi connectivity index (χ3n) is 1.03. The molecule has 0 spiro atoms. The number of halogens is 1. The van der Waals surface area contributed by atoms with E-state index in [-0.39, 0.29) is 6.10 Å². The molecule has 62 valence electrons. The Morgan fingerprint density at radius 3 is 2.70 bits per heavy atom. The van der Waals surface area contributed by atoms with Crippen molar-refractivity contribution in [3.8, 4) is 0 Å². The molecule has 1 N–H and O–H groups in total. The highest BCUT2D eigenvalue weighted by molar-refractivity contribution is 6.17. The van der Waals surface area contributed by atoms with Gasteiger partial charge in [-0.2, -0.15) is 0 Å². The van der Waals surface area contributed by atoms with Gasteiger partial charge in [-0.25, -0.2) is 0 Å². The zero-order valence-electron chi connectivity index (χ0n) is 6.35. The van der Waals surface area contributed by atoms with Crippen LogP contribution >= 0.6 is 11.6 Å². The first-order valence-corrected chi connectivity index (χ1v) is 4.12. The van der Waals surface area contributed by atoms with Crippen LogP contribution in [0, 0.1) is 0 Å². The van der Waals surface area contributed by atoms with Crippen molar-refractivity contribution in [3.63, 3.8) is 0 Å². The van der Waals surface area contributed by atoms with E-state index >= 15 is 0 Å². The molecule has 0 fully saturated rings. The molecule has 0 heterocycles. The molecule has 0 amide bonds. The first-order valence-electron chi connectivity index (χ1n) is 3.59. The lowest BCUT2D eigenvalue weighted by molar-refractivity contribution is 0.0451. The van der Waals surface area contributed by atoms with Gasteiger partial charge in [0.15, 0.2) is 0 Å². The van der Waals surface area contributed by atoms with Crippen LogP contribution in [0.2, 0.25) is 0 Å². The van der Waals surface area contributed by atoms with E-state index in [1.54, 1.807) is 6.92 Å². The Bertz CT molecular complexity index is 66.6. The number of unbranched alkanes of at least 4 members (excludes halogenated alkanes) is 1. The molecule has 0 aliphatic heterocycles. The lowest BCUT2D eigenvalue weighted by Gasteiger charge is -2.04. The van der Waals surface area contributed by atoms with Crippen LogP contribution in [-0.4, -0.2) is 30.3 Å². The highest BCUT2D eigenvalue weighted by Gasteiger charge is 1.93. The van der Waals surface area contributed by atoms with Crippen molar-refractivity contribution < 1.29 is 9.84 Å². The van der Waals surface area contributed by atoms with Gasteiger partial charge >= 0.3 is 0 Å². The number of rotatable bonds is 6. The molecule has 0 saturated carbocycles. The summed E-state index contributed by atoms with van der Waals surface area (Å²) in [6.07, 6.45) is 1.62. The minimum atomic E-state index is -0.351. The summed E-state index contributed by atoms with van der Waals surface area (Å²) in [5.74, 6) is 0.692. The molecule has 1 atom stereocenters. The molecule has 0 rings (SSSR count). The molecular formula is C7H15ClO2. The molecule has 3 heteroatoms. The van der Waals surface area contributed by atoms with Crippen LogP contribution in [0.4, 0.5) is 0 Å². The van der Waals surface area contributed by atoms with Gasteiger partial charge in [0.25, 0.3) is 0 Å². The third kappa shape index (κ3) is 8.21. The first-order chi connectivity index (χ1) is 4.77. The van der Waals surface area contributed by atoms with E-state index in [1.165, 1.54) is 0 Å². The lowest BCUT2D eigenvalue weighted by atomic mass is 10.3. The number of hydrogen-bond acceptors (Lipinski definition) is 2. The van der Waals surface area contributed by atoms with E-state index in [1.807, 2.05) is 0 Å². The number of hydrogen-bond donors (Lipinski definition) is 1. The topological polar surface area (TPSA) is 29.5 Å². The Morgan fingerprint density at radius 2 is 2.20 bits per heavy atom. The molecule has 1 unspecified atom stereocenters. The zero-order valence-corrected chi connectivity index (χ0v) is 7.10. The predicted molar refractivity (Wildman–Crippen MR) is 42.5 cm³/mol. The van der Waals surface area contributed by atoms with Gasteiger partial charge in [0.05, 0.1) is 12.7 Å². The van der Waals surface area contributed by atoms with Gasteiger partial charge < -0.3 is 9.84 Å². The van der Waals surface area contributed by atoms with Crippen LogP contribution in [0.5, 0.6) is 0 Å². The van der Waals surface area contributed by atoms with Gasteiger partial charge in [-0.15, -0.1) is 11.6 Å². The molecule has 2 nitrogen and oxygen atoms in total. The van der Waals surface area contributed by atoms with Gasteiger partial charge in [-0.1, -0.05) is 0 Å². The molecule has 10 heavy (non-hydrogen) atoms. The molecular weight excluding hydrogens is 152 g/mol. The lowest BCUT2D eigenvalue weighted by Crippen LogP contribution is -2.10. The second-order valence-electron chi connectivity index (χ2n) is 2.32. The quantitative estimate of drug-likeness (QED) is 0.478. The SMILES string of the molecule is CC(O)COCCCCCl. The minimum absolute atomic E-state index is 0.351. The average molecular weight is 167 g/mol. The third-order valence-corrected chi connectivity index (χ3v) is 1.30. The summed E-state index contributed by atoms with van der Waals surface area (Å²) < 4.78 is 5.09. The van der Waals surface area contributed by atoms with Crippen molar-refractivity contribution >= 4 is 11.6 Å². The van der Waals surface area contributed by atoms with Crippen LogP contribution in [-0.2, 0) is 4.74 Å². The molecule has 0 aromatic rings. The summed E-state index contributed by atoms with van der Waals surface area (Å²) in [6.45, 7) is 2.85. The van der Waals surface area contributed by atoms with E-state index < -0.39 is 0 Å². The first kappa shape index (κ1) is 10.2. The Balaban J connectivity index is 2.77. The number of aliphatic hydroxyl groups excluding tert-OH is 1. The number of ether oxygens (including phenoxy) is 1. The van der Waals surface area contributed by atoms with Crippen LogP contribution in [0.1, 0.15) is 19.8 Å². The van der Waals surface area contributed by atoms with E-state index in [0.29, 0.717) is 19.1 Å². The van der Waals surface area contributed by atoms with Crippen molar-refractivity contribution in [1.29, 1.82) is 0 Å². The van der Waals surface area contributed by atoms with Gasteiger partial charge in [0, 0.05) is 12.5 Å². The van der Waals surface area contributed by atoms with Crippen molar-refractivity contribution in [1.82, 2.24) is 0 Å². The Hall–Kier alpha value is 0.210. The van der Waals surface area contributed by atoms with E-state index in [9.17, 15) is 0 Å². The maximum atomic E-state index is 8.76. The van der Waals surface area contributed by atoms with Crippen LogP contribution < -0.4 is 0 Å². The van der Waals surface area contributed by atoms with Gasteiger partial charge in [-0.3, -0.25) is 0 Å². The fourth-order valence-electron chi connectivity index (χ4n) is 0.553. The fourth-order valence-corrected chi connectivity index (χ4v) is 0.741. The maximum absolute atomic E-state index is 8.76. The maximum Gasteiger partial charge on any atom is 0.0745 e. The molecule has 0 aliphatic carbocycles. The monoisotopic (exact) mass is 166 g/mol. The summed E-state index contributed by atoms with van der Waals surface area (Å²) in [5, 5.41) is 8.76. The standard InChI is InChI=1S/C7H15ClO2/c1-7(9)6-10-5-3-2-4-8/h7,9H,2-6H2,1H3. The summed E-state index contributed by atoms with van der Waals surface area (Å²) in [6, 6.07) is 0. The van der Waals surface area contributed by atoms with Gasteiger partial charge in [0.1, 0.15) is 0 Å².